The van der Waals surface area contributed by atoms with E-state index in [1.807, 2.05) is 54.6 Å². The number of benzene rings is 2. The van der Waals surface area contributed by atoms with E-state index in [2.05, 4.69) is 15.2 Å². The third kappa shape index (κ3) is 6.55. The smallest absolute Gasteiger partial charge is 0.193 e. The van der Waals surface area contributed by atoms with Crippen molar-refractivity contribution in [1.29, 1.82) is 0 Å². The van der Waals surface area contributed by atoms with Crippen LogP contribution in [0.5, 0.6) is 11.5 Å². The number of hydrogen-bond acceptors (Lipinski definition) is 4. The zero-order chi connectivity index (χ0) is 19.6. The molecule has 28 heavy (non-hydrogen) atoms. The van der Waals surface area contributed by atoms with Gasteiger partial charge in [-0.3, -0.25) is 4.99 Å². The molecule has 3 rings (SSSR count). The highest BCUT2D eigenvalue weighted by Gasteiger charge is 2.18. The fraction of sp³-hybridized carbons (Fsp3) is 0.409. The monoisotopic (exact) mass is 382 g/mol. The number of rotatable bonds is 8. The maximum absolute atomic E-state index is 6.09. The molecule has 0 spiro atoms. The van der Waals surface area contributed by atoms with E-state index >= 15 is 0 Å². The molecular formula is C22H30N4O2. The van der Waals surface area contributed by atoms with Crippen molar-refractivity contribution in [3.8, 4) is 11.5 Å². The summed E-state index contributed by atoms with van der Waals surface area (Å²) in [6, 6.07) is 17.4. The predicted octanol–water partition coefficient (Wildman–Crippen LogP) is 3.56. The molecule has 150 valence electrons. The van der Waals surface area contributed by atoms with Gasteiger partial charge in [0, 0.05) is 32.0 Å². The van der Waals surface area contributed by atoms with Gasteiger partial charge in [-0.25, -0.2) is 0 Å². The largest absolute Gasteiger partial charge is 0.457 e. The second-order valence-electron chi connectivity index (χ2n) is 7.07. The van der Waals surface area contributed by atoms with Crippen LogP contribution in [0, 0.1) is 5.92 Å². The number of aliphatic imine (C=N–C) groups is 1. The first-order valence-corrected chi connectivity index (χ1v) is 9.84. The van der Waals surface area contributed by atoms with Crippen molar-refractivity contribution < 1.29 is 9.47 Å². The summed E-state index contributed by atoms with van der Waals surface area (Å²) in [5.41, 5.74) is 6.95. The lowest BCUT2D eigenvalue weighted by atomic mass is 9.97. The van der Waals surface area contributed by atoms with E-state index in [0.717, 1.165) is 62.8 Å². The highest BCUT2D eigenvalue weighted by molar-refractivity contribution is 5.92. The number of para-hydroxylation sites is 1. The highest BCUT2D eigenvalue weighted by Crippen LogP contribution is 2.24. The second kappa shape index (κ2) is 10.7. The van der Waals surface area contributed by atoms with Crippen molar-refractivity contribution in [2.45, 2.75) is 12.8 Å². The lowest BCUT2D eigenvalue weighted by Crippen LogP contribution is -2.37. The van der Waals surface area contributed by atoms with Crippen LogP contribution >= 0.6 is 0 Å². The van der Waals surface area contributed by atoms with Crippen molar-refractivity contribution in [3.05, 3.63) is 54.6 Å². The van der Waals surface area contributed by atoms with Gasteiger partial charge in [0.1, 0.15) is 11.5 Å². The number of methoxy groups -OCH3 is 1. The summed E-state index contributed by atoms with van der Waals surface area (Å²) in [5.74, 6) is 2.59. The molecule has 3 N–H and O–H groups in total. The van der Waals surface area contributed by atoms with E-state index in [9.17, 15) is 0 Å². The van der Waals surface area contributed by atoms with Gasteiger partial charge in [-0.15, -0.1) is 0 Å². The quantitative estimate of drug-likeness (QED) is 0.539. The Morgan fingerprint density at radius 2 is 1.86 bits per heavy atom. The molecule has 1 saturated heterocycles. The van der Waals surface area contributed by atoms with E-state index in [1.165, 1.54) is 0 Å². The van der Waals surface area contributed by atoms with Crippen LogP contribution in [0.2, 0.25) is 0 Å². The Kier molecular flexibility index (Phi) is 7.70. The average molecular weight is 383 g/mol. The van der Waals surface area contributed by atoms with Crippen molar-refractivity contribution in [2.24, 2.45) is 16.6 Å². The number of nitrogens with one attached hydrogen (secondary N) is 1. The third-order valence-corrected chi connectivity index (χ3v) is 4.92. The standard InChI is InChI=1S/C22H30N4O2/c1-27-15-14-26-12-10-18(11-13-26)17-24-22(23)25-19-6-5-9-21(16-19)28-20-7-3-2-4-8-20/h2-9,16,18H,10-15,17H2,1H3,(H3,23,24,25). The number of anilines is 1. The van der Waals surface area contributed by atoms with Gasteiger partial charge in [-0.1, -0.05) is 24.3 Å². The fourth-order valence-electron chi connectivity index (χ4n) is 3.29. The molecule has 0 bridgehead atoms. The Morgan fingerprint density at radius 1 is 1.11 bits per heavy atom. The minimum atomic E-state index is 0.443. The van der Waals surface area contributed by atoms with Gasteiger partial charge in [0.2, 0.25) is 0 Å². The van der Waals surface area contributed by atoms with Crippen molar-refractivity contribution in [1.82, 2.24) is 4.90 Å². The van der Waals surface area contributed by atoms with E-state index in [1.54, 1.807) is 7.11 Å². The van der Waals surface area contributed by atoms with Crippen LogP contribution in [-0.2, 0) is 4.74 Å². The van der Waals surface area contributed by atoms with Gasteiger partial charge in [-0.2, -0.15) is 0 Å². The first kappa shape index (κ1) is 20.2. The van der Waals surface area contributed by atoms with Gasteiger partial charge >= 0.3 is 0 Å². The predicted molar refractivity (Wildman–Crippen MR) is 114 cm³/mol. The van der Waals surface area contributed by atoms with E-state index in [-0.39, 0.29) is 0 Å². The van der Waals surface area contributed by atoms with Gasteiger partial charge in [0.25, 0.3) is 0 Å². The molecule has 6 heteroatoms. The minimum Gasteiger partial charge on any atom is -0.457 e. The SMILES string of the molecule is COCCN1CCC(CN=C(N)Nc2cccc(Oc3ccccc3)c2)CC1. The summed E-state index contributed by atoms with van der Waals surface area (Å²) in [7, 11) is 1.75. The van der Waals surface area contributed by atoms with Crippen LogP contribution in [0.4, 0.5) is 5.69 Å². The molecule has 1 aliphatic heterocycles. The number of guanidine groups is 1. The molecule has 0 saturated carbocycles. The molecular weight excluding hydrogens is 352 g/mol. The maximum Gasteiger partial charge on any atom is 0.193 e. The molecule has 0 unspecified atom stereocenters. The van der Waals surface area contributed by atoms with Crippen LogP contribution in [0.15, 0.2) is 59.6 Å². The summed E-state index contributed by atoms with van der Waals surface area (Å²) in [4.78, 5) is 6.99. The van der Waals surface area contributed by atoms with Gasteiger partial charge in [0.05, 0.1) is 6.61 Å². The molecule has 0 radical (unpaired) electrons. The summed E-state index contributed by atoms with van der Waals surface area (Å²) < 4.78 is 11.0. The third-order valence-electron chi connectivity index (χ3n) is 4.92. The molecule has 2 aromatic carbocycles. The Bertz CT molecular complexity index is 743. The molecule has 1 fully saturated rings. The minimum absolute atomic E-state index is 0.443. The van der Waals surface area contributed by atoms with Crippen molar-refractivity contribution >= 4 is 11.6 Å². The molecule has 0 aromatic heterocycles. The summed E-state index contributed by atoms with van der Waals surface area (Å²) >= 11 is 0. The van der Waals surface area contributed by atoms with Gasteiger partial charge in [0.15, 0.2) is 5.96 Å². The van der Waals surface area contributed by atoms with Crippen LogP contribution in [0.3, 0.4) is 0 Å². The van der Waals surface area contributed by atoms with Crippen LogP contribution in [0.1, 0.15) is 12.8 Å². The van der Waals surface area contributed by atoms with Gasteiger partial charge in [-0.05, 0) is 56.1 Å². The number of nitrogens with zero attached hydrogens (tertiary/aromatic N) is 2. The number of hydrogen-bond donors (Lipinski definition) is 2. The molecule has 1 aliphatic rings. The van der Waals surface area contributed by atoms with Crippen LogP contribution < -0.4 is 15.8 Å². The van der Waals surface area contributed by atoms with E-state index < -0.39 is 0 Å². The number of piperidine rings is 1. The molecule has 6 nitrogen and oxygen atoms in total. The number of nitrogens with two attached hydrogens (primary N) is 1. The highest BCUT2D eigenvalue weighted by atomic mass is 16.5. The van der Waals surface area contributed by atoms with E-state index in [0.29, 0.717) is 11.9 Å². The molecule has 1 heterocycles. The first-order chi connectivity index (χ1) is 13.7. The average Bonchev–Trinajstić information content (AvgIpc) is 2.72. The van der Waals surface area contributed by atoms with Gasteiger partial charge < -0.3 is 25.4 Å². The summed E-state index contributed by atoms with van der Waals surface area (Å²) in [6.45, 7) is 4.78. The summed E-state index contributed by atoms with van der Waals surface area (Å²) in [6.07, 6.45) is 2.31. The topological polar surface area (TPSA) is 72.1 Å². The van der Waals surface area contributed by atoms with Crippen molar-refractivity contribution in [3.63, 3.8) is 0 Å². The van der Waals surface area contributed by atoms with Crippen molar-refractivity contribution in [2.75, 3.05) is 45.2 Å². The fourth-order valence-corrected chi connectivity index (χ4v) is 3.29. The molecule has 0 atom stereocenters. The van der Waals surface area contributed by atoms with Crippen LogP contribution in [-0.4, -0.2) is 50.8 Å². The molecule has 0 aliphatic carbocycles. The normalized spacial score (nSPS) is 16.1. The first-order valence-electron chi connectivity index (χ1n) is 9.84. The second-order valence-corrected chi connectivity index (χ2v) is 7.07. The lowest BCUT2D eigenvalue weighted by molar-refractivity contribution is 0.121. The number of likely N-dealkylation sites (tertiary alicyclic amines) is 1. The lowest BCUT2D eigenvalue weighted by Gasteiger charge is -2.30. The number of ether oxygens (including phenoxy) is 2. The summed E-state index contributed by atoms with van der Waals surface area (Å²) in [5, 5.41) is 3.17. The van der Waals surface area contributed by atoms with E-state index in [4.69, 9.17) is 15.2 Å². The zero-order valence-electron chi connectivity index (χ0n) is 16.5. The maximum atomic E-state index is 6.09. The van der Waals surface area contributed by atoms with Crippen LogP contribution in [0.25, 0.3) is 0 Å². The Balaban J connectivity index is 1.47. The molecule has 2 aromatic rings. The zero-order valence-corrected chi connectivity index (χ0v) is 16.5. The Hall–Kier alpha value is -2.57. The molecule has 0 amide bonds. The Morgan fingerprint density at radius 3 is 2.61 bits per heavy atom. The Labute approximate surface area is 167 Å².